The zero-order valence-corrected chi connectivity index (χ0v) is 12.4. The maximum absolute atomic E-state index is 12.4. The lowest BCUT2D eigenvalue weighted by molar-refractivity contribution is 0.890. The van der Waals surface area contributed by atoms with E-state index in [1.807, 2.05) is 24.3 Å². The monoisotopic (exact) mass is 310 g/mol. The molecule has 108 valence electrons. The Morgan fingerprint density at radius 1 is 1.18 bits per heavy atom. The van der Waals surface area contributed by atoms with E-state index < -0.39 is 0 Å². The molecular formula is C16H11ClN4O. The van der Waals surface area contributed by atoms with Crippen LogP contribution in [0.4, 0.5) is 0 Å². The number of pyridine rings is 2. The summed E-state index contributed by atoms with van der Waals surface area (Å²) < 4.78 is 1.69. The summed E-state index contributed by atoms with van der Waals surface area (Å²) in [6, 6.07) is 11.0. The number of halogens is 1. The van der Waals surface area contributed by atoms with Crippen molar-refractivity contribution >= 4 is 33.5 Å². The Balaban J connectivity index is 2.26. The molecule has 0 aliphatic carbocycles. The van der Waals surface area contributed by atoms with Crippen molar-refractivity contribution < 1.29 is 0 Å². The van der Waals surface area contributed by atoms with Gasteiger partial charge < -0.3 is 4.98 Å². The topological polar surface area (TPSA) is 63.6 Å². The number of aryl methyl sites for hydroxylation is 1. The molecule has 1 N–H and O–H groups in total. The molecule has 3 aromatic heterocycles. The van der Waals surface area contributed by atoms with E-state index in [9.17, 15) is 4.79 Å². The maximum Gasteiger partial charge on any atom is 0.259 e. The first-order valence-electron chi connectivity index (χ1n) is 6.78. The fourth-order valence-electron chi connectivity index (χ4n) is 2.70. The quantitative estimate of drug-likeness (QED) is 0.587. The first-order chi connectivity index (χ1) is 10.7. The third kappa shape index (κ3) is 1.76. The van der Waals surface area contributed by atoms with Gasteiger partial charge in [0.15, 0.2) is 0 Å². The van der Waals surface area contributed by atoms with Crippen LogP contribution in [0, 0.1) is 6.92 Å². The molecule has 4 aromatic rings. The molecule has 0 radical (unpaired) electrons. The number of fused-ring (bicyclic) bond motifs is 3. The van der Waals surface area contributed by atoms with Crippen molar-refractivity contribution in [2.24, 2.45) is 0 Å². The number of para-hydroxylation sites is 1. The molecule has 0 unspecified atom stereocenters. The third-order valence-electron chi connectivity index (χ3n) is 3.65. The number of hydrogen-bond acceptors (Lipinski definition) is 3. The van der Waals surface area contributed by atoms with E-state index in [0.29, 0.717) is 32.7 Å². The molecule has 3 heterocycles. The van der Waals surface area contributed by atoms with E-state index in [1.165, 1.54) is 0 Å². The third-order valence-corrected chi connectivity index (χ3v) is 3.97. The van der Waals surface area contributed by atoms with Gasteiger partial charge >= 0.3 is 0 Å². The molecule has 22 heavy (non-hydrogen) atoms. The predicted molar refractivity (Wildman–Crippen MR) is 86.7 cm³/mol. The summed E-state index contributed by atoms with van der Waals surface area (Å²) in [6.07, 6.45) is 1.69. The Morgan fingerprint density at radius 2 is 2.00 bits per heavy atom. The summed E-state index contributed by atoms with van der Waals surface area (Å²) in [7, 11) is 0. The van der Waals surface area contributed by atoms with Crippen LogP contribution < -0.4 is 5.56 Å². The second-order valence-corrected chi connectivity index (χ2v) is 5.43. The van der Waals surface area contributed by atoms with Crippen molar-refractivity contribution in [3.63, 3.8) is 0 Å². The highest BCUT2D eigenvalue weighted by Crippen LogP contribution is 2.27. The van der Waals surface area contributed by atoms with Crippen LogP contribution in [0.2, 0.25) is 5.02 Å². The lowest BCUT2D eigenvalue weighted by Gasteiger charge is -2.07. The number of H-pyrrole nitrogens is 1. The normalized spacial score (nSPS) is 11.4. The Kier molecular flexibility index (Phi) is 2.77. The summed E-state index contributed by atoms with van der Waals surface area (Å²) >= 11 is 6.29. The molecule has 1 aromatic carbocycles. The molecule has 0 atom stereocenters. The van der Waals surface area contributed by atoms with Gasteiger partial charge in [0.25, 0.3) is 5.56 Å². The van der Waals surface area contributed by atoms with Gasteiger partial charge in [-0.25, -0.2) is 4.68 Å². The van der Waals surface area contributed by atoms with Crippen LogP contribution in [0.3, 0.4) is 0 Å². The van der Waals surface area contributed by atoms with Crippen LogP contribution in [0.15, 0.2) is 47.4 Å². The van der Waals surface area contributed by atoms with Crippen LogP contribution in [-0.4, -0.2) is 19.7 Å². The average molecular weight is 311 g/mol. The van der Waals surface area contributed by atoms with Gasteiger partial charge in [-0.05, 0) is 31.2 Å². The minimum absolute atomic E-state index is 0.175. The van der Waals surface area contributed by atoms with E-state index in [1.54, 1.807) is 29.9 Å². The van der Waals surface area contributed by atoms with Crippen LogP contribution in [0.1, 0.15) is 5.69 Å². The lowest BCUT2D eigenvalue weighted by Crippen LogP contribution is -2.08. The minimum atomic E-state index is -0.175. The molecule has 0 bridgehead atoms. The Labute approximate surface area is 130 Å². The van der Waals surface area contributed by atoms with Gasteiger partial charge in [-0.2, -0.15) is 5.10 Å². The van der Waals surface area contributed by atoms with Crippen LogP contribution in [0.5, 0.6) is 0 Å². The number of rotatable bonds is 1. The van der Waals surface area contributed by atoms with Gasteiger partial charge in [0, 0.05) is 6.20 Å². The van der Waals surface area contributed by atoms with Crippen molar-refractivity contribution in [1.82, 2.24) is 19.7 Å². The van der Waals surface area contributed by atoms with Crippen LogP contribution in [0.25, 0.3) is 27.6 Å². The van der Waals surface area contributed by atoms with Gasteiger partial charge in [0.2, 0.25) is 0 Å². The van der Waals surface area contributed by atoms with E-state index in [4.69, 9.17) is 11.6 Å². The van der Waals surface area contributed by atoms with E-state index in [0.717, 1.165) is 5.69 Å². The highest BCUT2D eigenvalue weighted by molar-refractivity contribution is 6.32. The standard InChI is InChI=1S/C16H11ClN4O/c1-9-13-15(14-11(19-16(13)22)6-4-8-18-14)21(20-9)12-7-3-2-5-10(12)17/h2-8H,1H3,(H,19,22). The zero-order valence-electron chi connectivity index (χ0n) is 11.7. The van der Waals surface area contributed by atoms with Crippen LogP contribution >= 0.6 is 11.6 Å². The molecule has 0 spiro atoms. The van der Waals surface area contributed by atoms with Gasteiger partial charge in [-0.3, -0.25) is 9.78 Å². The second kappa shape index (κ2) is 4.68. The summed E-state index contributed by atoms with van der Waals surface area (Å²) in [4.78, 5) is 19.6. The Bertz CT molecular complexity index is 1080. The van der Waals surface area contributed by atoms with Gasteiger partial charge in [-0.15, -0.1) is 0 Å². The summed E-state index contributed by atoms with van der Waals surface area (Å²) in [5.41, 5.74) is 3.23. The van der Waals surface area contributed by atoms with Gasteiger partial charge in [0.1, 0.15) is 11.0 Å². The number of nitrogens with one attached hydrogen (secondary N) is 1. The van der Waals surface area contributed by atoms with Crippen molar-refractivity contribution in [3.8, 4) is 5.69 Å². The van der Waals surface area contributed by atoms with Crippen molar-refractivity contribution in [2.75, 3.05) is 0 Å². The number of hydrogen-bond donors (Lipinski definition) is 1. The number of aromatic nitrogens is 4. The van der Waals surface area contributed by atoms with E-state index in [-0.39, 0.29) is 5.56 Å². The summed E-state index contributed by atoms with van der Waals surface area (Å²) in [6.45, 7) is 1.81. The molecule has 0 fully saturated rings. The lowest BCUT2D eigenvalue weighted by atomic mass is 10.2. The summed E-state index contributed by atoms with van der Waals surface area (Å²) in [5.74, 6) is 0. The van der Waals surface area contributed by atoms with Crippen molar-refractivity contribution in [1.29, 1.82) is 0 Å². The summed E-state index contributed by atoms with van der Waals surface area (Å²) in [5, 5.41) is 5.60. The molecule has 0 aliphatic heterocycles. The van der Waals surface area contributed by atoms with Crippen molar-refractivity contribution in [2.45, 2.75) is 6.92 Å². The highest BCUT2D eigenvalue weighted by atomic mass is 35.5. The minimum Gasteiger partial charge on any atom is -0.320 e. The molecule has 0 aliphatic rings. The largest absolute Gasteiger partial charge is 0.320 e. The smallest absolute Gasteiger partial charge is 0.259 e. The van der Waals surface area contributed by atoms with Gasteiger partial charge in [-0.1, -0.05) is 23.7 Å². The van der Waals surface area contributed by atoms with E-state index >= 15 is 0 Å². The number of aromatic amines is 1. The zero-order chi connectivity index (χ0) is 15.3. The molecule has 0 amide bonds. The average Bonchev–Trinajstić information content (AvgIpc) is 2.86. The predicted octanol–water partition coefficient (Wildman–Crippen LogP) is 3.22. The Hall–Kier alpha value is -2.66. The fraction of sp³-hybridized carbons (Fsp3) is 0.0625. The van der Waals surface area contributed by atoms with Gasteiger partial charge in [0.05, 0.1) is 27.3 Å². The number of benzene rings is 1. The number of nitrogens with zero attached hydrogens (tertiary/aromatic N) is 3. The molecular weight excluding hydrogens is 300 g/mol. The second-order valence-electron chi connectivity index (χ2n) is 5.03. The SMILES string of the molecule is Cc1nn(-c2ccccc2Cl)c2c1c(=O)[nH]c1cccnc12. The molecule has 6 heteroatoms. The first-order valence-corrected chi connectivity index (χ1v) is 7.16. The maximum atomic E-state index is 12.4. The molecule has 0 saturated carbocycles. The van der Waals surface area contributed by atoms with E-state index in [2.05, 4.69) is 15.1 Å². The fourth-order valence-corrected chi connectivity index (χ4v) is 2.91. The molecule has 0 saturated heterocycles. The van der Waals surface area contributed by atoms with Crippen LogP contribution in [-0.2, 0) is 0 Å². The Morgan fingerprint density at radius 3 is 2.82 bits per heavy atom. The molecule has 4 rings (SSSR count). The first kappa shape index (κ1) is 13.0. The van der Waals surface area contributed by atoms with Crippen molar-refractivity contribution in [3.05, 3.63) is 63.7 Å². The highest BCUT2D eigenvalue weighted by Gasteiger charge is 2.17. The molecule has 5 nitrogen and oxygen atoms in total.